The lowest BCUT2D eigenvalue weighted by Crippen LogP contribution is -2.60. The molecule has 1 amide bonds. The van der Waals surface area contributed by atoms with E-state index in [1.165, 1.54) is 0 Å². The highest BCUT2D eigenvalue weighted by atomic mass is 16.4. The van der Waals surface area contributed by atoms with Gasteiger partial charge in [0.1, 0.15) is 0 Å². The minimum atomic E-state index is -1.02. The molecule has 4 nitrogen and oxygen atoms in total. The smallest absolute Gasteiger partial charge is 0.419 e. The molecule has 0 radical (unpaired) electrons. The highest BCUT2D eigenvalue weighted by molar-refractivity contribution is 5.63. The summed E-state index contributed by atoms with van der Waals surface area (Å²) in [5.41, 5.74) is 1.96. The van der Waals surface area contributed by atoms with Crippen LogP contribution in [0.15, 0.2) is 0 Å². The van der Waals surface area contributed by atoms with Gasteiger partial charge in [0.05, 0.1) is 0 Å². The van der Waals surface area contributed by atoms with E-state index >= 15 is 0 Å². The summed E-state index contributed by atoms with van der Waals surface area (Å²) in [6.07, 6.45) is -1.02. The molecule has 0 atom stereocenters. The third-order valence-corrected chi connectivity index (χ3v) is 1.55. The normalized spacial score (nSPS) is 13.2. The highest BCUT2D eigenvalue weighted by Gasteiger charge is 2.32. The van der Waals surface area contributed by atoms with E-state index in [4.69, 9.17) is 5.11 Å². The predicted octanol–water partition coefficient (Wildman–Crippen LogP) is 2.07. The maximum absolute atomic E-state index is 10.6. The van der Waals surface area contributed by atoms with E-state index in [1.54, 1.807) is 5.01 Å². The summed E-state index contributed by atoms with van der Waals surface area (Å²) in [6.45, 7) is 11.8. The molecule has 0 bridgehead atoms. The Balaban J connectivity index is 4.68. The fraction of sp³-hybridized carbons (Fsp3) is 0.889. The Bertz CT molecular complexity index is 175. The van der Waals surface area contributed by atoms with Gasteiger partial charge in [-0.15, -0.1) is 0 Å². The minimum absolute atomic E-state index is 0.226. The monoisotopic (exact) mass is 188 g/mol. The summed E-state index contributed by atoms with van der Waals surface area (Å²) in [5.74, 6) is 0. The molecular weight excluding hydrogens is 168 g/mol. The predicted molar refractivity (Wildman–Crippen MR) is 52.5 cm³/mol. The number of carboxylic acid groups (broad SMARTS) is 1. The van der Waals surface area contributed by atoms with Crippen LogP contribution in [0.2, 0.25) is 0 Å². The molecule has 0 fully saturated rings. The molecule has 0 aromatic heterocycles. The number of hydrogen-bond acceptors (Lipinski definition) is 2. The van der Waals surface area contributed by atoms with Crippen molar-refractivity contribution < 1.29 is 9.90 Å². The van der Waals surface area contributed by atoms with Crippen LogP contribution in [-0.4, -0.2) is 27.3 Å². The number of nitrogens with one attached hydrogen (secondary N) is 1. The molecule has 0 aromatic rings. The molecule has 0 heterocycles. The summed E-state index contributed by atoms with van der Waals surface area (Å²) in [5, 5.41) is 10.4. The van der Waals surface area contributed by atoms with Crippen LogP contribution in [-0.2, 0) is 0 Å². The molecular formula is C9H20N2O2. The van der Waals surface area contributed by atoms with Crippen molar-refractivity contribution in [1.82, 2.24) is 10.4 Å². The van der Waals surface area contributed by atoms with Gasteiger partial charge in [-0.25, -0.2) is 9.80 Å². The zero-order valence-corrected chi connectivity index (χ0v) is 9.30. The molecule has 0 saturated heterocycles. The second kappa shape index (κ2) is 3.54. The largest absolute Gasteiger partial charge is 0.464 e. The average Bonchev–Trinajstić information content (AvgIpc) is 1.77. The summed E-state index contributed by atoms with van der Waals surface area (Å²) >= 11 is 0. The van der Waals surface area contributed by atoms with Crippen LogP contribution in [0.1, 0.15) is 41.5 Å². The van der Waals surface area contributed by atoms with Crippen molar-refractivity contribution in [3.8, 4) is 0 Å². The lowest BCUT2D eigenvalue weighted by atomic mass is 9.99. The van der Waals surface area contributed by atoms with Gasteiger partial charge in [-0.2, -0.15) is 0 Å². The molecule has 0 aliphatic heterocycles. The molecule has 0 aliphatic carbocycles. The average molecular weight is 188 g/mol. The summed E-state index contributed by atoms with van der Waals surface area (Å²) in [6, 6.07) is 0. The first-order chi connectivity index (χ1) is 5.55. The van der Waals surface area contributed by atoms with Crippen molar-refractivity contribution in [1.29, 1.82) is 0 Å². The maximum Gasteiger partial charge on any atom is 0.419 e. The SMILES string of the molecule is CC(C)(C)N(NC(=O)O)C(C)(C)C. The molecule has 0 spiro atoms. The topological polar surface area (TPSA) is 52.6 Å². The van der Waals surface area contributed by atoms with Crippen LogP contribution in [0.4, 0.5) is 4.79 Å². The Kier molecular flexibility index (Phi) is 3.33. The highest BCUT2D eigenvalue weighted by Crippen LogP contribution is 2.21. The Labute approximate surface area is 79.9 Å². The van der Waals surface area contributed by atoms with Gasteiger partial charge in [-0.1, -0.05) is 0 Å². The molecule has 0 unspecified atom stereocenters. The van der Waals surface area contributed by atoms with Crippen molar-refractivity contribution in [2.24, 2.45) is 0 Å². The van der Waals surface area contributed by atoms with E-state index in [9.17, 15) is 4.79 Å². The molecule has 0 aliphatic rings. The Morgan fingerprint density at radius 3 is 1.46 bits per heavy atom. The van der Waals surface area contributed by atoms with E-state index in [2.05, 4.69) is 5.43 Å². The molecule has 0 rings (SSSR count). The van der Waals surface area contributed by atoms with Crippen LogP contribution in [0.25, 0.3) is 0 Å². The van der Waals surface area contributed by atoms with Gasteiger partial charge in [0.25, 0.3) is 0 Å². The van der Waals surface area contributed by atoms with Gasteiger partial charge in [0.15, 0.2) is 0 Å². The molecule has 0 saturated carbocycles. The van der Waals surface area contributed by atoms with E-state index in [-0.39, 0.29) is 11.1 Å². The zero-order valence-electron chi connectivity index (χ0n) is 9.30. The van der Waals surface area contributed by atoms with Crippen molar-refractivity contribution in [2.45, 2.75) is 52.6 Å². The van der Waals surface area contributed by atoms with E-state index in [0.717, 1.165) is 0 Å². The Hall–Kier alpha value is -0.770. The summed E-state index contributed by atoms with van der Waals surface area (Å²) in [7, 11) is 0. The lowest BCUT2D eigenvalue weighted by Gasteiger charge is -2.44. The van der Waals surface area contributed by atoms with E-state index in [0.29, 0.717) is 0 Å². The van der Waals surface area contributed by atoms with Gasteiger partial charge in [0, 0.05) is 11.1 Å². The Morgan fingerprint density at radius 2 is 1.38 bits per heavy atom. The first kappa shape index (κ1) is 12.2. The Morgan fingerprint density at radius 1 is 1.08 bits per heavy atom. The lowest BCUT2D eigenvalue weighted by molar-refractivity contribution is -0.00924. The molecule has 78 valence electrons. The van der Waals surface area contributed by atoms with Crippen LogP contribution in [0, 0.1) is 0 Å². The first-order valence-corrected chi connectivity index (χ1v) is 4.35. The number of nitrogens with zero attached hydrogens (tertiary/aromatic N) is 1. The van der Waals surface area contributed by atoms with Crippen molar-refractivity contribution in [3.63, 3.8) is 0 Å². The number of hydrogen-bond donors (Lipinski definition) is 2. The van der Waals surface area contributed by atoms with Gasteiger partial charge in [-0.05, 0) is 41.5 Å². The maximum atomic E-state index is 10.6. The van der Waals surface area contributed by atoms with Crippen molar-refractivity contribution >= 4 is 6.09 Å². The number of hydrazine groups is 1. The standard InChI is InChI=1S/C9H20N2O2/c1-8(2,3)11(9(4,5)6)10-7(12)13/h10H,1-6H3,(H,12,13). The number of carbonyl (C=O) groups is 1. The minimum Gasteiger partial charge on any atom is -0.464 e. The van der Waals surface area contributed by atoms with Crippen molar-refractivity contribution in [2.75, 3.05) is 0 Å². The number of amides is 1. The molecule has 4 heteroatoms. The van der Waals surface area contributed by atoms with Crippen molar-refractivity contribution in [3.05, 3.63) is 0 Å². The van der Waals surface area contributed by atoms with E-state index in [1.807, 2.05) is 41.5 Å². The third kappa shape index (κ3) is 4.12. The molecule has 0 aromatic carbocycles. The fourth-order valence-corrected chi connectivity index (χ4v) is 1.44. The van der Waals surface area contributed by atoms with Gasteiger partial charge < -0.3 is 5.11 Å². The second-order valence-corrected chi connectivity index (χ2v) is 5.09. The summed E-state index contributed by atoms with van der Waals surface area (Å²) in [4.78, 5) is 10.6. The van der Waals surface area contributed by atoms with Gasteiger partial charge in [0.2, 0.25) is 0 Å². The number of rotatable bonds is 1. The second-order valence-electron chi connectivity index (χ2n) is 5.09. The molecule has 13 heavy (non-hydrogen) atoms. The quantitative estimate of drug-likeness (QED) is 0.619. The molecule has 2 N–H and O–H groups in total. The van der Waals surface area contributed by atoms with E-state index < -0.39 is 6.09 Å². The van der Waals surface area contributed by atoms with Crippen LogP contribution in [0.5, 0.6) is 0 Å². The summed E-state index contributed by atoms with van der Waals surface area (Å²) < 4.78 is 0. The first-order valence-electron chi connectivity index (χ1n) is 4.35. The van der Waals surface area contributed by atoms with Crippen LogP contribution >= 0.6 is 0 Å². The fourth-order valence-electron chi connectivity index (χ4n) is 1.44. The van der Waals surface area contributed by atoms with Crippen LogP contribution < -0.4 is 5.43 Å². The third-order valence-electron chi connectivity index (χ3n) is 1.55. The van der Waals surface area contributed by atoms with Gasteiger partial charge in [-0.3, -0.25) is 5.43 Å². The van der Waals surface area contributed by atoms with Crippen LogP contribution in [0.3, 0.4) is 0 Å². The van der Waals surface area contributed by atoms with Gasteiger partial charge >= 0.3 is 6.09 Å². The zero-order chi connectivity index (χ0) is 10.9.